The summed E-state index contributed by atoms with van der Waals surface area (Å²) >= 11 is 0. The molecule has 6 heteroatoms. The Morgan fingerprint density at radius 3 is 2.62 bits per heavy atom. The molecule has 0 aliphatic heterocycles. The number of aromatic nitrogens is 2. The Hall–Kier alpha value is -2.47. The number of benzene rings is 1. The molecule has 0 unspecified atom stereocenters. The Morgan fingerprint density at radius 2 is 1.92 bits per heavy atom. The van der Waals surface area contributed by atoms with Gasteiger partial charge in [-0.25, -0.2) is 9.97 Å². The van der Waals surface area contributed by atoms with E-state index >= 15 is 0 Å². The van der Waals surface area contributed by atoms with Crippen molar-refractivity contribution in [3.63, 3.8) is 0 Å². The second kappa shape index (κ2) is 8.40. The molecule has 0 saturated carbocycles. The first-order chi connectivity index (χ1) is 11.5. The highest BCUT2D eigenvalue weighted by atomic mass is 16.1. The normalized spacial score (nSPS) is 10.7. The van der Waals surface area contributed by atoms with Crippen molar-refractivity contribution in [3.8, 4) is 0 Å². The van der Waals surface area contributed by atoms with Gasteiger partial charge < -0.3 is 15.5 Å². The highest BCUT2D eigenvalue weighted by molar-refractivity contribution is 6.03. The van der Waals surface area contributed by atoms with Crippen LogP contribution < -0.4 is 10.6 Å². The van der Waals surface area contributed by atoms with E-state index in [0.29, 0.717) is 17.3 Å². The maximum Gasteiger partial charge on any atom is 0.274 e. The van der Waals surface area contributed by atoms with Crippen LogP contribution in [0.2, 0.25) is 0 Å². The second-order valence-electron chi connectivity index (χ2n) is 6.04. The number of amides is 1. The van der Waals surface area contributed by atoms with Crippen LogP contribution in [0.3, 0.4) is 0 Å². The monoisotopic (exact) mass is 327 g/mol. The molecule has 2 rings (SSSR count). The van der Waals surface area contributed by atoms with E-state index in [1.807, 2.05) is 45.3 Å². The van der Waals surface area contributed by atoms with Gasteiger partial charge >= 0.3 is 0 Å². The van der Waals surface area contributed by atoms with Gasteiger partial charge in [0.1, 0.15) is 17.3 Å². The van der Waals surface area contributed by atoms with E-state index in [1.54, 1.807) is 13.0 Å². The topological polar surface area (TPSA) is 70.2 Å². The van der Waals surface area contributed by atoms with Crippen LogP contribution in [0.15, 0.2) is 30.3 Å². The molecule has 1 aromatic carbocycles. The molecule has 1 amide bonds. The molecule has 0 aliphatic carbocycles. The SMILES string of the molecule is Cc1nc(NCCCN(C)C)cc(C(=O)Nc2ccccc2C)n1. The van der Waals surface area contributed by atoms with E-state index in [-0.39, 0.29) is 5.91 Å². The first-order valence-corrected chi connectivity index (χ1v) is 8.07. The molecule has 0 fully saturated rings. The van der Waals surface area contributed by atoms with Crippen LogP contribution in [0.1, 0.15) is 28.3 Å². The summed E-state index contributed by atoms with van der Waals surface area (Å²) in [5, 5.41) is 6.15. The van der Waals surface area contributed by atoms with Crippen molar-refractivity contribution < 1.29 is 4.79 Å². The molecule has 2 aromatic rings. The number of carbonyl (C=O) groups excluding carboxylic acids is 1. The number of nitrogens with zero attached hydrogens (tertiary/aromatic N) is 3. The van der Waals surface area contributed by atoms with Gasteiger partial charge in [0.15, 0.2) is 0 Å². The number of rotatable bonds is 7. The third kappa shape index (κ3) is 5.31. The van der Waals surface area contributed by atoms with Gasteiger partial charge in [-0.2, -0.15) is 0 Å². The number of hydrogen-bond donors (Lipinski definition) is 2. The quantitative estimate of drug-likeness (QED) is 0.765. The lowest BCUT2D eigenvalue weighted by atomic mass is 10.2. The minimum atomic E-state index is -0.230. The summed E-state index contributed by atoms with van der Waals surface area (Å²) in [5.41, 5.74) is 2.17. The molecule has 2 N–H and O–H groups in total. The lowest BCUT2D eigenvalue weighted by molar-refractivity contribution is 0.102. The fourth-order valence-corrected chi connectivity index (χ4v) is 2.29. The van der Waals surface area contributed by atoms with E-state index in [1.165, 1.54) is 0 Å². The van der Waals surface area contributed by atoms with Crippen LogP contribution in [0.25, 0.3) is 0 Å². The van der Waals surface area contributed by atoms with Crippen molar-refractivity contribution in [2.45, 2.75) is 20.3 Å². The average molecular weight is 327 g/mol. The lowest BCUT2D eigenvalue weighted by Gasteiger charge is -2.12. The van der Waals surface area contributed by atoms with Gasteiger partial charge in [-0.05, 0) is 52.5 Å². The molecule has 0 radical (unpaired) electrons. The number of hydrogen-bond acceptors (Lipinski definition) is 5. The molecule has 0 saturated heterocycles. The Morgan fingerprint density at radius 1 is 1.17 bits per heavy atom. The molecule has 1 aromatic heterocycles. The van der Waals surface area contributed by atoms with Gasteiger partial charge in [-0.15, -0.1) is 0 Å². The number of anilines is 2. The standard InChI is InChI=1S/C18H25N5O/c1-13-8-5-6-9-15(13)22-18(24)16-12-17(21-14(2)20-16)19-10-7-11-23(3)4/h5-6,8-9,12H,7,10-11H2,1-4H3,(H,22,24)(H,19,20,21). The summed E-state index contributed by atoms with van der Waals surface area (Å²) in [6, 6.07) is 9.36. The highest BCUT2D eigenvalue weighted by Crippen LogP contribution is 2.15. The smallest absolute Gasteiger partial charge is 0.274 e. The van der Waals surface area contributed by atoms with E-state index in [9.17, 15) is 4.79 Å². The van der Waals surface area contributed by atoms with Gasteiger partial charge in [-0.1, -0.05) is 18.2 Å². The van der Waals surface area contributed by atoms with Crippen molar-refractivity contribution in [1.82, 2.24) is 14.9 Å². The summed E-state index contributed by atoms with van der Waals surface area (Å²) in [6.07, 6.45) is 1.00. The molecular formula is C18H25N5O. The van der Waals surface area contributed by atoms with Crippen molar-refractivity contribution in [1.29, 1.82) is 0 Å². The van der Waals surface area contributed by atoms with E-state index in [2.05, 4.69) is 25.5 Å². The van der Waals surface area contributed by atoms with Crippen molar-refractivity contribution in [3.05, 3.63) is 47.4 Å². The Balaban J connectivity index is 2.04. The zero-order valence-electron chi connectivity index (χ0n) is 14.8. The predicted octanol–water partition coefficient (Wildman–Crippen LogP) is 2.71. The van der Waals surface area contributed by atoms with Gasteiger partial charge in [0.25, 0.3) is 5.91 Å². The molecule has 6 nitrogen and oxygen atoms in total. The summed E-state index contributed by atoms with van der Waals surface area (Å²) in [5.74, 6) is 1.02. The van der Waals surface area contributed by atoms with Crippen molar-refractivity contribution in [2.75, 3.05) is 37.8 Å². The highest BCUT2D eigenvalue weighted by Gasteiger charge is 2.11. The fourth-order valence-electron chi connectivity index (χ4n) is 2.29. The molecule has 0 aliphatic rings. The van der Waals surface area contributed by atoms with Crippen molar-refractivity contribution >= 4 is 17.4 Å². The third-order valence-corrected chi connectivity index (χ3v) is 3.55. The van der Waals surface area contributed by atoms with Crippen LogP contribution in [0, 0.1) is 13.8 Å². The first kappa shape index (κ1) is 17.9. The molecular weight excluding hydrogens is 302 g/mol. The van der Waals surface area contributed by atoms with Crippen molar-refractivity contribution in [2.24, 2.45) is 0 Å². The second-order valence-corrected chi connectivity index (χ2v) is 6.04. The van der Waals surface area contributed by atoms with Crippen LogP contribution in [0.5, 0.6) is 0 Å². The van der Waals surface area contributed by atoms with E-state index in [4.69, 9.17) is 0 Å². The zero-order chi connectivity index (χ0) is 17.5. The first-order valence-electron chi connectivity index (χ1n) is 8.07. The Bertz CT molecular complexity index is 700. The molecule has 1 heterocycles. The van der Waals surface area contributed by atoms with Gasteiger partial charge in [0.05, 0.1) is 0 Å². The molecule has 24 heavy (non-hydrogen) atoms. The largest absolute Gasteiger partial charge is 0.370 e. The summed E-state index contributed by atoms with van der Waals surface area (Å²) in [4.78, 5) is 23.2. The number of para-hydroxylation sites is 1. The molecule has 0 bridgehead atoms. The fraction of sp³-hybridized carbons (Fsp3) is 0.389. The van der Waals surface area contributed by atoms with Crippen LogP contribution in [-0.2, 0) is 0 Å². The Kier molecular flexibility index (Phi) is 6.26. The number of nitrogens with one attached hydrogen (secondary N) is 2. The lowest BCUT2D eigenvalue weighted by Crippen LogP contribution is -2.18. The van der Waals surface area contributed by atoms with Crippen LogP contribution >= 0.6 is 0 Å². The van der Waals surface area contributed by atoms with Gasteiger partial charge in [0.2, 0.25) is 0 Å². The average Bonchev–Trinajstić information content (AvgIpc) is 2.53. The molecule has 0 spiro atoms. The third-order valence-electron chi connectivity index (χ3n) is 3.55. The summed E-state index contributed by atoms with van der Waals surface area (Å²) in [7, 11) is 4.09. The van der Waals surface area contributed by atoms with Gasteiger partial charge in [0, 0.05) is 18.3 Å². The van der Waals surface area contributed by atoms with E-state index < -0.39 is 0 Å². The Labute approximate surface area is 143 Å². The molecule has 0 atom stereocenters. The maximum absolute atomic E-state index is 12.5. The van der Waals surface area contributed by atoms with Crippen LogP contribution in [-0.4, -0.2) is 48.0 Å². The van der Waals surface area contributed by atoms with Crippen LogP contribution in [0.4, 0.5) is 11.5 Å². The predicted molar refractivity (Wildman–Crippen MR) is 97.6 cm³/mol. The molecule has 128 valence electrons. The zero-order valence-corrected chi connectivity index (χ0v) is 14.8. The number of carbonyl (C=O) groups is 1. The summed E-state index contributed by atoms with van der Waals surface area (Å²) in [6.45, 7) is 5.54. The minimum absolute atomic E-state index is 0.230. The maximum atomic E-state index is 12.5. The van der Waals surface area contributed by atoms with Gasteiger partial charge in [-0.3, -0.25) is 4.79 Å². The minimum Gasteiger partial charge on any atom is -0.370 e. The number of aryl methyl sites for hydroxylation is 2. The summed E-state index contributed by atoms with van der Waals surface area (Å²) < 4.78 is 0. The van der Waals surface area contributed by atoms with E-state index in [0.717, 1.165) is 30.8 Å².